The average Bonchev–Trinajstić information content (AvgIpc) is 3.27. The van der Waals surface area contributed by atoms with E-state index in [1.165, 1.54) is 66.7 Å². The van der Waals surface area contributed by atoms with Crippen molar-refractivity contribution in [3.8, 4) is 0 Å². The number of sulfone groups is 2. The number of rotatable bonds is 6. The zero-order valence-corrected chi connectivity index (χ0v) is 19.7. The number of halogens is 1. The minimum Gasteiger partial charge on any atom is -0.468 e. The van der Waals surface area contributed by atoms with E-state index in [4.69, 9.17) is 4.74 Å². The summed E-state index contributed by atoms with van der Waals surface area (Å²) in [6.45, 7) is 0. The van der Waals surface area contributed by atoms with Crippen LogP contribution in [0.15, 0.2) is 94.7 Å². The van der Waals surface area contributed by atoms with E-state index >= 15 is 0 Å². The smallest absolute Gasteiger partial charge is 0.324 e. The monoisotopic (exact) mass is 503 g/mol. The van der Waals surface area contributed by atoms with Crippen LogP contribution in [0.25, 0.3) is 0 Å². The van der Waals surface area contributed by atoms with E-state index in [1.807, 2.05) is 0 Å². The fourth-order valence-electron chi connectivity index (χ4n) is 4.32. The molecule has 1 fully saturated rings. The lowest BCUT2D eigenvalue weighted by molar-refractivity contribution is -0.142. The summed E-state index contributed by atoms with van der Waals surface area (Å²) in [4.78, 5) is 12.5. The fourth-order valence-corrected chi connectivity index (χ4v) is 9.07. The van der Waals surface area contributed by atoms with Crippen LogP contribution in [0.1, 0.15) is 11.6 Å². The van der Waals surface area contributed by atoms with E-state index in [0.717, 1.165) is 13.2 Å². The molecule has 0 amide bonds. The summed E-state index contributed by atoms with van der Waals surface area (Å²) in [6, 6.07) is 17.2. The molecule has 3 aromatic rings. The Hall–Kier alpha value is -3.08. The molecule has 7 nitrogen and oxygen atoms in total. The van der Waals surface area contributed by atoms with Crippen molar-refractivity contribution < 1.29 is 30.8 Å². The van der Waals surface area contributed by atoms with E-state index in [0.29, 0.717) is 0 Å². The van der Waals surface area contributed by atoms with E-state index < -0.39 is 54.0 Å². The van der Waals surface area contributed by atoms with Crippen LogP contribution >= 0.6 is 0 Å². The second-order valence-electron chi connectivity index (χ2n) is 7.85. The number of esters is 1. The standard InChI is InChI=1S/C24H22FNO6S2/c1-32-24(27)21-23(34(30,31)19-13-6-3-7-14-19)22(33(28,29)18-11-4-2-5-12-18)20(26-21)16-9-8-10-17(25)15-16/h2-15,20-23,26H,1H3/t20-,21-,22-,23-/m0/s1. The Bertz CT molecular complexity index is 1400. The number of nitrogens with one attached hydrogen (secondary N) is 1. The van der Waals surface area contributed by atoms with Gasteiger partial charge in [0.2, 0.25) is 0 Å². The predicted octanol–water partition coefficient (Wildman–Crippen LogP) is 2.70. The molecule has 0 aliphatic carbocycles. The van der Waals surface area contributed by atoms with Crippen LogP contribution < -0.4 is 5.32 Å². The maximum Gasteiger partial charge on any atom is 0.324 e. The van der Waals surface area contributed by atoms with Gasteiger partial charge in [-0.1, -0.05) is 48.5 Å². The van der Waals surface area contributed by atoms with Crippen LogP contribution in [0.5, 0.6) is 0 Å². The minimum atomic E-state index is -4.37. The molecule has 10 heteroatoms. The predicted molar refractivity (Wildman–Crippen MR) is 123 cm³/mol. The summed E-state index contributed by atoms with van der Waals surface area (Å²) >= 11 is 0. The van der Waals surface area contributed by atoms with Gasteiger partial charge in [-0.15, -0.1) is 0 Å². The van der Waals surface area contributed by atoms with E-state index in [2.05, 4.69) is 5.32 Å². The molecule has 1 N–H and O–H groups in total. The van der Waals surface area contributed by atoms with Crippen molar-refractivity contribution in [3.05, 3.63) is 96.3 Å². The first kappa shape index (κ1) is 24.1. The van der Waals surface area contributed by atoms with Gasteiger partial charge in [0.25, 0.3) is 0 Å². The van der Waals surface area contributed by atoms with Crippen molar-refractivity contribution in [1.29, 1.82) is 0 Å². The lowest BCUT2D eigenvalue weighted by Gasteiger charge is -2.25. The lowest BCUT2D eigenvalue weighted by atomic mass is 10.0. The van der Waals surface area contributed by atoms with Crippen LogP contribution in [0.3, 0.4) is 0 Å². The highest BCUT2D eigenvalue weighted by Gasteiger charge is 2.59. The topological polar surface area (TPSA) is 107 Å². The normalized spacial score (nSPS) is 22.9. The summed E-state index contributed by atoms with van der Waals surface area (Å²) in [5.41, 5.74) is 0.198. The Balaban J connectivity index is 1.98. The zero-order chi connectivity index (χ0) is 24.5. The SMILES string of the molecule is COC(=O)[C@H]1N[C@@H](c2cccc(F)c2)[C@H](S(=O)(=O)c2ccccc2)[C@H]1S(=O)(=O)c1ccccc1. The second-order valence-corrected chi connectivity index (χ2v) is 12.1. The van der Waals surface area contributed by atoms with Crippen molar-refractivity contribution in [2.45, 2.75) is 32.4 Å². The Labute approximate surface area is 197 Å². The average molecular weight is 504 g/mol. The summed E-state index contributed by atoms with van der Waals surface area (Å²) in [6.07, 6.45) is 0. The van der Waals surface area contributed by atoms with Gasteiger partial charge in [-0.25, -0.2) is 21.2 Å². The Morgan fingerprint density at radius 3 is 1.82 bits per heavy atom. The number of carbonyl (C=O) groups excluding carboxylic acids is 1. The van der Waals surface area contributed by atoms with E-state index in [9.17, 15) is 26.0 Å². The van der Waals surface area contributed by atoms with E-state index in [1.54, 1.807) is 12.1 Å². The molecule has 3 aromatic carbocycles. The van der Waals surface area contributed by atoms with Gasteiger partial charge in [-0.05, 0) is 42.0 Å². The molecule has 0 unspecified atom stereocenters. The fraction of sp³-hybridized carbons (Fsp3) is 0.208. The van der Waals surface area contributed by atoms with Gasteiger partial charge < -0.3 is 4.74 Å². The Kier molecular flexibility index (Phi) is 6.57. The van der Waals surface area contributed by atoms with Gasteiger partial charge in [-0.2, -0.15) is 0 Å². The van der Waals surface area contributed by atoms with Crippen molar-refractivity contribution >= 4 is 25.6 Å². The second kappa shape index (κ2) is 9.28. The molecule has 178 valence electrons. The highest BCUT2D eigenvalue weighted by atomic mass is 32.2. The van der Waals surface area contributed by atoms with Crippen molar-refractivity contribution in [3.63, 3.8) is 0 Å². The summed E-state index contributed by atoms with van der Waals surface area (Å²) in [7, 11) is -7.62. The van der Waals surface area contributed by atoms with E-state index in [-0.39, 0.29) is 15.4 Å². The molecule has 1 aliphatic rings. The van der Waals surface area contributed by atoms with Gasteiger partial charge >= 0.3 is 5.97 Å². The molecular weight excluding hydrogens is 481 g/mol. The van der Waals surface area contributed by atoms with Gasteiger partial charge in [0.15, 0.2) is 19.7 Å². The zero-order valence-electron chi connectivity index (χ0n) is 18.0. The molecular formula is C24H22FNO6S2. The largest absolute Gasteiger partial charge is 0.468 e. The quantitative estimate of drug-likeness (QED) is 0.516. The molecule has 34 heavy (non-hydrogen) atoms. The molecule has 0 spiro atoms. The number of benzene rings is 3. The summed E-state index contributed by atoms with van der Waals surface area (Å²) in [5, 5.41) is -0.545. The Morgan fingerprint density at radius 2 is 1.32 bits per heavy atom. The lowest BCUT2D eigenvalue weighted by Crippen LogP contribution is -2.47. The third-order valence-corrected chi connectivity index (χ3v) is 10.5. The van der Waals surface area contributed by atoms with Gasteiger partial charge in [0.05, 0.1) is 22.9 Å². The molecule has 0 bridgehead atoms. The van der Waals surface area contributed by atoms with Crippen molar-refractivity contribution in [1.82, 2.24) is 5.32 Å². The third-order valence-electron chi connectivity index (χ3n) is 5.86. The highest BCUT2D eigenvalue weighted by Crippen LogP contribution is 2.41. The van der Waals surface area contributed by atoms with Gasteiger partial charge in [-0.3, -0.25) is 10.1 Å². The van der Waals surface area contributed by atoms with Crippen LogP contribution in [0.4, 0.5) is 4.39 Å². The first-order valence-electron chi connectivity index (χ1n) is 10.3. The first-order valence-corrected chi connectivity index (χ1v) is 13.4. The molecule has 4 rings (SSSR count). The van der Waals surface area contributed by atoms with Gasteiger partial charge in [0, 0.05) is 0 Å². The minimum absolute atomic E-state index is 0.109. The molecule has 1 aliphatic heterocycles. The third kappa shape index (κ3) is 4.24. The Morgan fingerprint density at radius 1 is 0.794 bits per heavy atom. The number of methoxy groups -OCH3 is 1. The van der Waals surface area contributed by atoms with Crippen LogP contribution in [-0.4, -0.2) is 46.5 Å². The summed E-state index contributed by atoms with van der Waals surface area (Å²) in [5.74, 6) is -1.56. The van der Waals surface area contributed by atoms with Crippen LogP contribution in [-0.2, 0) is 29.2 Å². The number of hydrogen-bond donors (Lipinski definition) is 1. The van der Waals surface area contributed by atoms with Crippen LogP contribution in [0, 0.1) is 5.82 Å². The molecule has 0 saturated carbocycles. The van der Waals surface area contributed by atoms with Crippen LogP contribution in [0.2, 0.25) is 0 Å². The molecule has 0 radical (unpaired) electrons. The molecule has 0 aromatic heterocycles. The van der Waals surface area contributed by atoms with Crippen molar-refractivity contribution in [2.24, 2.45) is 0 Å². The highest BCUT2D eigenvalue weighted by molar-refractivity contribution is 7.96. The number of hydrogen-bond acceptors (Lipinski definition) is 7. The maximum absolute atomic E-state index is 14.1. The molecule has 1 heterocycles. The van der Waals surface area contributed by atoms with Crippen molar-refractivity contribution in [2.75, 3.05) is 7.11 Å². The summed E-state index contributed by atoms with van der Waals surface area (Å²) < 4.78 is 74.4. The number of carbonyl (C=O) groups is 1. The molecule has 1 saturated heterocycles. The van der Waals surface area contributed by atoms with Gasteiger partial charge in [0.1, 0.15) is 22.4 Å². The molecule has 4 atom stereocenters. The number of ether oxygens (including phenoxy) is 1. The maximum atomic E-state index is 14.1. The first-order chi connectivity index (χ1) is 16.2.